The lowest BCUT2D eigenvalue weighted by molar-refractivity contribution is -0.111. The molecule has 126 valence electrons. The van der Waals surface area contributed by atoms with Gasteiger partial charge in [0.1, 0.15) is 11.6 Å². The fourth-order valence-corrected chi connectivity index (χ4v) is 2.77. The van der Waals surface area contributed by atoms with Crippen LogP contribution >= 0.6 is 0 Å². The molecule has 0 fully saturated rings. The van der Waals surface area contributed by atoms with E-state index in [-0.39, 0.29) is 11.7 Å². The first-order valence-electron chi connectivity index (χ1n) is 7.61. The van der Waals surface area contributed by atoms with Gasteiger partial charge in [0.05, 0.1) is 5.69 Å². The number of halogens is 2. The summed E-state index contributed by atoms with van der Waals surface area (Å²) in [6.07, 6.45) is 5.94. The minimum absolute atomic E-state index is 0.0806. The maximum absolute atomic E-state index is 12.1. The van der Waals surface area contributed by atoms with Crippen LogP contribution in [-0.2, 0) is 24.7 Å². The summed E-state index contributed by atoms with van der Waals surface area (Å²) >= 11 is 0. The molecule has 0 aliphatic heterocycles. The van der Waals surface area contributed by atoms with Gasteiger partial charge in [0.25, 0.3) is 0 Å². The highest BCUT2D eigenvalue weighted by Crippen LogP contribution is 2.28. The molecule has 1 aliphatic carbocycles. The van der Waals surface area contributed by atoms with Crippen LogP contribution in [0.15, 0.2) is 30.3 Å². The minimum Gasteiger partial charge on any atom is -0.435 e. The Labute approximate surface area is 137 Å². The zero-order chi connectivity index (χ0) is 17.1. The molecule has 1 heterocycles. The number of carbonyl (C=O) groups is 1. The first kappa shape index (κ1) is 16.2. The normalized spacial score (nSPS) is 13.5. The quantitative estimate of drug-likeness (QED) is 0.855. The third-order valence-corrected chi connectivity index (χ3v) is 3.84. The number of benzene rings is 1. The van der Waals surface area contributed by atoms with Crippen molar-refractivity contribution in [2.45, 2.75) is 25.9 Å². The number of amides is 1. The van der Waals surface area contributed by atoms with E-state index in [2.05, 4.69) is 15.2 Å². The van der Waals surface area contributed by atoms with E-state index in [1.807, 2.05) is 0 Å². The molecule has 0 saturated carbocycles. The number of anilines is 1. The van der Waals surface area contributed by atoms with E-state index in [0.29, 0.717) is 5.56 Å². The summed E-state index contributed by atoms with van der Waals surface area (Å²) in [5.41, 5.74) is 2.86. The second-order valence-corrected chi connectivity index (χ2v) is 5.52. The van der Waals surface area contributed by atoms with Crippen molar-refractivity contribution in [2.75, 3.05) is 5.32 Å². The first-order chi connectivity index (χ1) is 11.5. The zero-order valence-electron chi connectivity index (χ0n) is 13.1. The largest absolute Gasteiger partial charge is 0.435 e. The molecule has 0 atom stereocenters. The highest BCUT2D eigenvalue weighted by molar-refractivity contribution is 6.01. The van der Waals surface area contributed by atoms with Crippen molar-refractivity contribution in [1.82, 2.24) is 9.78 Å². The Morgan fingerprint density at radius 1 is 1.33 bits per heavy atom. The number of ether oxygens (including phenoxy) is 1. The molecule has 0 unspecified atom stereocenters. The van der Waals surface area contributed by atoms with Gasteiger partial charge in [-0.3, -0.25) is 9.48 Å². The van der Waals surface area contributed by atoms with Crippen molar-refractivity contribution in [3.63, 3.8) is 0 Å². The predicted molar refractivity (Wildman–Crippen MR) is 86.0 cm³/mol. The summed E-state index contributed by atoms with van der Waals surface area (Å²) in [6, 6.07) is 6.06. The number of alkyl halides is 2. The van der Waals surface area contributed by atoms with Gasteiger partial charge in [-0.15, -0.1) is 0 Å². The molecule has 2 aromatic rings. The van der Waals surface area contributed by atoms with Gasteiger partial charge in [-0.05, 0) is 43.0 Å². The summed E-state index contributed by atoms with van der Waals surface area (Å²) in [5, 5.41) is 7.25. The number of fused-ring (bicyclic) bond motifs is 1. The lowest BCUT2D eigenvalue weighted by Crippen LogP contribution is -2.12. The van der Waals surface area contributed by atoms with Gasteiger partial charge in [-0.1, -0.05) is 12.1 Å². The second-order valence-electron chi connectivity index (χ2n) is 5.52. The lowest BCUT2D eigenvalue weighted by atomic mass is 10.2. The highest BCUT2D eigenvalue weighted by atomic mass is 19.3. The van der Waals surface area contributed by atoms with Gasteiger partial charge in [-0.25, -0.2) is 0 Å². The maximum Gasteiger partial charge on any atom is 0.387 e. The van der Waals surface area contributed by atoms with Crippen LogP contribution in [0.25, 0.3) is 6.08 Å². The van der Waals surface area contributed by atoms with Crippen LogP contribution in [0, 0.1) is 0 Å². The van der Waals surface area contributed by atoms with Crippen molar-refractivity contribution in [3.8, 4) is 5.75 Å². The van der Waals surface area contributed by atoms with Crippen LogP contribution in [0.1, 0.15) is 23.2 Å². The van der Waals surface area contributed by atoms with E-state index >= 15 is 0 Å². The Morgan fingerprint density at radius 2 is 2.08 bits per heavy atom. The average Bonchev–Trinajstić information content (AvgIpc) is 3.09. The summed E-state index contributed by atoms with van der Waals surface area (Å²) in [4.78, 5) is 12.1. The van der Waals surface area contributed by atoms with Gasteiger partial charge >= 0.3 is 6.61 Å². The Morgan fingerprint density at radius 3 is 2.79 bits per heavy atom. The third kappa shape index (κ3) is 3.61. The zero-order valence-corrected chi connectivity index (χ0v) is 13.1. The van der Waals surface area contributed by atoms with Gasteiger partial charge in [0.2, 0.25) is 5.91 Å². The molecule has 1 aromatic carbocycles. The monoisotopic (exact) mass is 333 g/mol. The molecule has 1 amide bonds. The van der Waals surface area contributed by atoms with Crippen molar-refractivity contribution in [1.29, 1.82) is 0 Å². The smallest absolute Gasteiger partial charge is 0.387 e. The van der Waals surface area contributed by atoms with Crippen molar-refractivity contribution < 1.29 is 18.3 Å². The standard InChI is InChI=1S/C17H17F2N3O2/c1-22-16(13-3-2-4-14(13)21-22)20-15(23)10-7-11-5-8-12(9-6-11)24-17(18)19/h5-10,17H,2-4H2,1H3,(H,20,23)/b10-7+. The van der Waals surface area contributed by atoms with E-state index in [9.17, 15) is 13.6 Å². The molecule has 0 spiro atoms. The molecule has 24 heavy (non-hydrogen) atoms. The topological polar surface area (TPSA) is 56.2 Å². The summed E-state index contributed by atoms with van der Waals surface area (Å²) in [5.74, 6) is 0.551. The number of nitrogens with one attached hydrogen (secondary N) is 1. The predicted octanol–water partition coefficient (Wildman–Crippen LogP) is 3.16. The fraction of sp³-hybridized carbons (Fsp3) is 0.294. The van der Waals surface area contributed by atoms with Crippen LogP contribution in [-0.4, -0.2) is 22.3 Å². The number of aryl methyl sites for hydroxylation is 2. The molecule has 1 N–H and O–H groups in total. The van der Waals surface area contributed by atoms with Crippen LogP contribution in [0.4, 0.5) is 14.6 Å². The molecule has 0 saturated heterocycles. The molecular weight excluding hydrogens is 316 g/mol. The van der Waals surface area contributed by atoms with E-state index in [1.165, 1.54) is 18.2 Å². The number of hydrogen-bond donors (Lipinski definition) is 1. The van der Waals surface area contributed by atoms with Crippen LogP contribution in [0.5, 0.6) is 5.75 Å². The Kier molecular flexibility index (Phi) is 4.59. The SMILES string of the molecule is Cn1nc2c(c1NC(=O)/C=C/c1ccc(OC(F)F)cc1)CCC2. The van der Waals surface area contributed by atoms with Crippen LogP contribution in [0.3, 0.4) is 0 Å². The van der Waals surface area contributed by atoms with Gasteiger partial charge in [0.15, 0.2) is 0 Å². The highest BCUT2D eigenvalue weighted by Gasteiger charge is 2.21. The van der Waals surface area contributed by atoms with E-state index < -0.39 is 6.61 Å². The molecular formula is C17H17F2N3O2. The summed E-state index contributed by atoms with van der Waals surface area (Å²) in [6.45, 7) is -2.85. The summed E-state index contributed by atoms with van der Waals surface area (Å²) < 4.78 is 30.1. The Balaban J connectivity index is 1.63. The number of carbonyl (C=O) groups excluding carboxylic acids is 1. The molecule has 5 nitrogen and oxygen atoms in total. The van der Waals surface area contributed by atoms with E-state index in [0.717, 1.165) is 36.3 Å². The lowest BCUT2D eigenvalue weighted by Gasteiger charge is -2.05. The van der Waals surface area contributed by atoms with Gasteiger partial charge in [0, 0.05) is 18.7 Å². The van der Waals surface area contributed by atoms with Crippen LogP contribution in [0.2, 0.25) is 0 Å². The second kappa shape index (κ2) is 6.82. The van der Waals surface area contributed by atoms with Crippen molar-refractivity contribution in [2.24, 2.45) is 7.05 Å². The van der Waals surface area contributed by atoms with E-state index in [1.54, 1.807) is 29.9 Å². The Hall–Kier alpha value is -2.70. The van der Waals surface area contributed by atoms with E-state index in [4.69, 9.17) is 0 Å². The molecule has 0 bridgehead atoms. The van der Waals surface area contributed by atoms with Crippen molar-refractivity contribution in [3.05, 3.63) is 47.2 Å². The molecule has 0 radical (unpaired) electrons. The van der Waals surface area contributed by atoms with Crippen molar-refractivity contribution >= 4 is 17.8 Å². The number of hydrogen-bond acceptors (Lipinski definition) is 3. The molecule has 3 rings (SSSR count). The third-order valence-electron chi connectivity index (χ3n) is 3.84. The van der Waals surface area contributed by atoms with Crippen LogP contribution < -0.4 is 10.1 Å². The molecule has 1 aromatic heterocycles. The average molecular weight is 333 g/mol. The summed E-state index contributed by atoms with van der Waals surface area (Å²) in [7, 11) is 1.80. The van der Waals surface area contributed by atoms with Gasteiger partial charge in [-0.2, -0.15) is 13.9 Å². The first-order valence-corrected chi connectivity index (χ1v) is 7.61. The number of nitrogens with zero attached hydrogens (tertiary/aromatic N) is 2. The molecule has 7 heteroatoms. The van der Waals surface area contributed by atoms with Gasteiger partial charge < -0.3 is 10.1 Å². The Bertz CT molecular complexity index is 767. The minimum atomic E-state index is -2.85. The molecule has 1 aliphatic rings. The fourth-order valence-electron chi connectivity index (χ4n) is 2.77. The maximum atomic E-state index is 12.1. The number of aromatic nitrogens is 2. The number of rotatable bonds is 5.